The van der Waals surface area contributed by atoms with Gasteiger partial charge in [-0.3, -0.25) is 0 Å². The van der Waals surface area contributed by atoms with Crippen LogP contribution in [-0.4, -0.2) is 41.0 Å². The van der Waals surface area contributed by atoms with Gasteiger partial charge in [0.05, 0.1) is 33.9 Å². The molecular weight excluding hydrogens is 530 g/mol. The number of nitrogens with one attached hydrogen (secondary N) is 1. The Labute approximate surface area is 206 Å². The number of alkyl halides is 6. The summed E-state index contributed by atoms with van der Waals surface area (Å²) >= 11 is 0. The molecule has 1 aliphatic carbocycles. The number of nitriles is 1. The second-order valence-corrected chi connectivity index (χ2v) is 9.92. The number of hydrogen-bond acceptors (Lipinski definition) is 7. The van der Waals surface area contributed by atoms with Gasteiger partial charge >= 0.3 is 21.8 Å². The summed E-state index contributed by atoms with van der Waals surface area (Å²) in [5.41, 5.74) is -7.41. The van der Waals surface area contributed by atoms with Crippen molar-refractivity contribution in [2.45, 2.75) is 49.5 Å². The van der Waals surface area contributed by atoms with Crippen LogP contribution in [0.3, 0.4) is 0 Å². The molecule has 1 fully saturated rings. The summed E-state index contributed by atoms with van der Waals surface area (Å²) in [5.74, 6) is -1.19. The number of hydrogen-bond donors (Lipinski definition) is 2. The van der Waals surface area contributed by atoms with Gasteiger partial charge in [-0.15, -0.1) is 0 Å². The molecule has 0 amide bonds. The SMILES string of the molecule is N#Cc1ccc(-n2nc(C(F)(F)F)c3c(OS(=O)(=O)C(F)(F)F)cccc32)cc1N[C@H]1CC[C@H](O)CC1. The Balaban J connectivity index is 1.84. The molecule has 0 atom stereocenters. The highest BCUT2D eigenvalue weighted by Gasteiger charge is 2.49. The van der Waals surface area contributed by atoms with Gasteiger partial charge in [0, 0.05) is 6.04 Å². The molecular formula is C22H18F6N4O4S. The summed E-state index contributed by atoms with van der Waals surface area (Å²) in [5, 5.41) is 24.9. The van der Waals surface area contributed by atoms with Crippen molar-refractivity contribution in [2.24, 2.45) is 0 Å². The molecule has 0 radical (unpaired) electrons. The zero-order valence-electron chi connectivity index (χ0n) is 18.6. The van der Waals surface area contributed by atoms with Gasteiger partial charge in [0.1, 0.15) is 6.07 Å². The van der Waals surface area contributed by atoms with Gasteiger partial charge in [-0.1, -0.05) is 6.07 Å². The minimum atomic E-state index is -6.26. The fraction of sp³-hybridized carbons (Fsp3) is 0.364. The van der Waals surface area contributed by atoms with Crippen LogP contribution in [0, 0.1) is 11.3 Å². The lowest BCUT2D eigenvalue weighted by Crippen LogP contribution is -2.28. The Morgan fingerprint density at radius 2 is 1.76 bits per heavy atom. The molecule has 2 aromatic carbocycles. The highest BCUT2D eigenvalue weighted by molar-refractivity contribution is 7.88. The van der Waals surface area contributed by atoms with E-state index in [0.29, 0.717) is 31.7 Å². The van der Waals surface area contributed by atoms with E-state index in [0.717, 1.165) is 16.8 Å². The van der Waals surface area contributed by atoms with E-state index < -0.39 is 44.7 Å². The lowest BCUT2D eigenvalue weighted by Gasteiger charge is -2.27. The molecule has 4 rings (SSSR count). The summed E-state index contributed by atoms with van der Waals surface area (Å²) in [6, 6.07) is 8.65. The Morgan fingerprint density at radius 3 is 2.35 bits per heavy atom. The Kier molecular flexibility index (Phi) is 6.76. The third-order valence-corrected chi connectivity index (χ3v) is 6.81. The van der Waals surface area contributed by atoms with E-state index >= 15 is 0 Å². The largest absolute Gasteiger partial charge is 0.534 e. The quantitative estimate of drug-likeness (QED) is 0.266. The normalized spacial score (nSPS) is 19.0. The van der Waals surface area contributed by atoms with E-state index in [1.165, 1.54) is 18.2 Å². The average Bonchev–Trinajstić information content (AvgIpc) is 3.21. The number of benzene rings is 2. The van der Waals surface area contributed by atoms with Gasteiger partial charge in [-0.2, -0.15) is 45.1 Å². The third kappa shape index (κ3) is 5.30. The van der Waals surface area contributed by atoms with Crippen LogP contribution in [-0.2, 0) is 16.3 Å². The number of rotatable bonds is 5. The maximum absolute atomic E-state index is 13.9. The minimum absolute atomic E-state index is 0.0219. The molecule has 1 heterocycles. The Bertz CT molecular complexity index is 1470. The summed E-state index contributed by atoms with van der Waals surface area (Å²) in [7, 11) is -6.26. The van der Waals surface area contributed by atoms with E-state index in [-0.39, 0.29) is 28.5 Å². The summed E-state index contributed by atoms with van der Waals surface area (Å²) in [6.45, 7) is 0. The maximum Gasteiger partial charge on any atom is 0.534 e. The molecule has 0 unspecified atom stereocenters. The molecule has 0 spiro atoms. The van der Waals surface area contributed by atoms with E-state index in [9.17, 15) is 45.1 Å². The number of nitrogens with zero attached hydrogens (tertiary/aromatic N) is 3. The maximum atomic E-state index is 13.9. The van der Waals surface area contributed by atoms with Gasteiger partial charge in [-0.05, 0) is 56.0 Å². The first-order chi connectivity index (χ1) is 17.2. The second kappa shape index (κ2) is 9.42. The Morgan fingerprint density at radius 1 is 1.08 bits per heavy atom. The number of halogens is 6. The van der Waals surface area contributed by atoms with Crippen molar-refractivity contribution in [1.82, 2.24) is 9.78 Å². The lowest BCUT2D eigenvalue weighted by atomic mass is 9.93. The van der Waals surface area contributed by atoms with Crippen LogP contribution in [0.2, 0.25) is 0 Å². The fourth-order valence-electron chi connectivity index (χ4n) is 4.09. The van der Waals surface area contributed by atoms with Gasteiger partial charge < -0.3 is 14.6 Å². The third-order valence-electron chi connectivity index (χ3n) is 5.85. The zero-order chi connectivity index (χ0) is 27.2. The molecule has 2 N–H and O–H groups in total. The molecule has 1 aromatic heterocycles. The van der Waals surface area contributed by atoms with Crippen LogP contribution in [0.4, 0.5) is 32.0 Å². The summed E-state index contributed by atoms with van der Waals surface area (Å²) in [4.78, 5) is 0. The minimum Gasteiger partial charge on any atom is -0.393 e. The Hall–Kier alpha value is -3.51. The van der Waals surface area contributed by atoms with Crippen molar-refractivity contribution >= 4 is 26.7 Å². The lowest BCUT2D eigenvalue weighted by molar-refractivity contribution is -0.140. The van der Waals surface area contributed by atoms with Crippen LogP contribution in [0.25, 0.3) is 16.6 Å². The molecule has 0 aliphatic heterocycles. The van der Waals surface area contributed by atoms with Gasteiger partial charge in [0.2, 0.25) is 0 Å². The van der Waals surface area contributed by atoms with Crippen molar-refractivity contribution in [3.05, 3.63) is 47.7 Å². The molecule has 37 heavy (non-hydrogen) atoms. The van der Waals surface area contributed by atoms with Crippen LogP contribution in [0.15, 0.2) is 36.4 Å². The molecule has 1 saturated carbocycles. The zero-order valence-corrected chi connectivity index (χ0v) is 19.5. The number of aromatic nitrogens is 2. The molecule has 8 nitrogen and oxygen atoms in total. The second-order valence-electron chi connectivity index (χ2n) is 8.38. The van der Waals surface area contributed by atoms with Gasteiger partial charge in [0.15, 0.2) is 11.4 Å². The first-order valence-electron chi connectivity index (χ1n) is 10.8. The van der Waals surface area contributed by atoms with E-state index in [1.807, 2.05) is 6.07 Å². The van der Waals surface area contributed by atoms with Crippen LogP contribution in [0.5, 0.6) is 5.75 Å². The number of aliphatic hydroxyl groups excluding tert-OH is 1. The molecule has 0 bridgehead atoms. The van der Waals surface area contributed by atoms with Crippen molar-refractivity contribution in [3.8, 4) is 17.5 Å². The number of aliphatic hydroxyl groups is 1. The smallest absolute Gasteiger partial charge is 0.393 e. The first-order valence-corrected chi connectivity index (χ1v) is 12.2. The number of anilines is 1. The van der Waals surface area contributed by atoms with Crippen molar-refractivity contribution in [1.29, 1.82) is 5.26 Å². The number of fused-ring (bicyclic) bond motifs is 1. The van der Waals surface area contributed by atoms with Gasteiger partial charge in [0.25, 0.3) is 0 Å². The van der Waals surface area contributed by atoms with Crippen LogP contribution in [0.1, 0.15) is 36.9 Å². The first kappa shape index (κ1) is 26.6. The van der Waals surface area contributed by atoms with Crippen molar-refractivity contribution < 1.29 is 44.0 Å². The average molecular weight is 548 g/mol. The standard InChI is InChI=1S/C22H18F6N4O4S/c23-21(24,25)20-19-17(2-1-3-18(19)36-37(34,35)22(26,27)28)32(31-20)14-7-4-12(11-29)16(10-14)30-13-5-8-15(33)9-6-13/h1-4,7,10,13,15,30,33H,5-6,8-9H2/t13-,15-. The predicted molar refractivity (Wildman–Crippen MR) is 118 cm³/mol. The molecule has 3 aromatic rings. The van der Waals surface area contributed by atoms with Gasteiger partial charge in [-0.25, -0.2) is 4.68 Å². The molecule has 0 saturated heterocycles. The van der Waals surface area contributed by atoms with Crippen LogP contribution >= 0.6 is 0 Å². The van der Waals surface area contributed by atoms with Crippen LogP contribution < -0.4 is 9.50 Å². The van der Waals surface area contributed by atoms with E-state index in [1.54, 1.807) is 0 Å². The summed E-state index contributed by atoms with van der Waals surface area (Å²) < 4.78 is 108. The van der Waals surface area contributed by atoms with E-state index in [4.69, 9.17) is 0 Å². The van der Waals surface area contributed by atoms with E-state index in [2.05, 4.69) is 14.6 Å². The fourth-order valence-corrected chi connectivity index (χ4v) is 4.56. The monoisotopic (exact) mass is 548 g/mol. The molecule has 198 valence electrons. The van der Waals surface area contributed by atoms with Crippen molar-refractivity contribution in [3.63, 3.8) is 0 Å². The highest BCUT2D eigenvalue weighted by atomic mass is 32.2. The summed E-state index contributed by atoms with van der Waals surface area (Å²) in [6.07, 6.45) is -3.38. The molecule has 15 heteroatoms. The predicted octanol–water partition coefficient (Wildman–Crippen LogP) is 4.86. The highest BCUT2D eigenvalue weighted by Crippen LogP contribution is 2.41. The topological polar surface area (TPSA) is 117 Å². The van der Waals surface area contributed by atoms with Crippen molar-refractivity contribution in [2.75, 3.05) is 5.32 Å². The molecule has 1 aliphatic rings.